The molecule has 0 saturated heterocycles. The van der Waals surface area contributed by atoms with E-state index in [-0.39, 0.29) is 18.6 Å². The van der Waals surface area contributed by atoms with Crippen LogP contribution in [0.1, 0.15) is 33.6 Å². The van der Waals surface area contributed by atoms with Crippen molar-refractivity contribution in [3.63, 3.8) is 0 Å². The minimum absolute atomic E-state index is 0.193. The quantitative estimate of drug-likeness (QED) is 0.604. The van der Waals surface area contributed by atoms with Crippen LogP contribution < -0.4 is 0 Å². The lowest BCUT2D eigenvalue weighted by atomic mass is 10.2. The van der Waals surface area contributed by atoms with Crippen LogP contribution in [0.3, 0.4) is 0 Å². The molecule has 0 spiro atoms. The Bertz CT molecular complexity index is 366. The van der Waals surface area contributed by atoms with E-state index in [1.165, 1.54) is 0 Å². The van der Waals surface area contributed by atoms with Crippen molar-refractivity contribution >= 4 is 23.7 Å². The normalized spacial score (nSPS) is 11.9. The summed E-state index contributed by atoms with van der Waals surface area (Å²) < 4.78 is 9.29. The molecule has 0 aromatic carbocycles. The third-order valence-electron chi connectivity index (χ3n) is 1.62. The number of ether oxygens (including phenoxy) is 2. The Hall–Kier alpha value is -1.92. The second kappa shape index (κ2) is 6.73. The van der Waals surface area contributed by atoms with Crippen molar-refractivity contribution in [3.8, 4) is 0 Å². The highest BCUT2D eigenvalue weighted by Crippen LogP contribution is 2.09. The van der Waals surface area contributed by atoms with Crippen molar-refractivity contribution in [3.05, 3.63) is 0 Å². The Morgan fingerprint density at radius 3 is 2.11 bits per heavy atom. The number of hydrogen-bond acceptors (Lipinski definition) is 5. The zero-order chi connectivity index (χ0) is 14.3. The first-order valence-electron chi connectivity index (χ1n) is 5.26. The van der Waals surface area contributed by atoms with E-state index in [1.54, 1.807) is 20.8 Å². The van der Waals surface area contributed by atoms with Crippen LogP contribution >= 0.6 is 0 Å². The van der Waals surface area contributed by atoms with Gasteiger partial charge in [-0.1, -0.05) is 0 Å². The van der Waals surface area contributed by atoms with E-state index in [4.69, 9.17) is 9.84 Å². The van der Waals surface area contributed by atoms with Crippen molar-refractivity contribution in [1.29, 1.82) is 0 Å². The monoisotopic (exact) mass is 259 g/mol. The predicted molar refractivity (Wildman–Crippen MR) is 62.6 cm³/mol. The van der Waals surface area contributed by atoms with Crippen LogP contribution in [0.15, 0.2) is 4.99 Å². The predicted octanol–water partition coefficient (Wildman–Crippen LogP) is 1.40. The van der Waals surface area contributed by atoms with E-state index >= 15 is 0 Å². The summed E-state index contributed by atoms with van der Waals surface area (Å²) in [5.41, 5.74) is -1.01. The lowest BCUT2D eigenvalue weighted by Gasteiger charge is -2.17. The fraction of sp³-hybridized carbons (Fsp3) is 0.636. The molecule has 0 aliphatic carbocycles. The number of carboxylic acid groups (broad SMARTS) is 1. The van der Waals surface area contributed by atoms with Crippen LogP contribution in [0.2, 0.25) is 0 Å². The molecule has 0 atom stereocenters. The van der Waals surface area contributed by atoms with Gasteiger partial charge in [0.2, 0.25) is 0 Å². The molecule has 18 heavy (non-hydrogen) atoms. The van der Waals surface area contributed by atoms with Gasteiger partial charge >= 0.3 is 18.0 Å². The number of carbonyl (C=O) groups is 3. The van der Waals surface area contributed by atoms with E-state index in [9.17, 15) is 14.4 Å². The summed E-state index contributed by atoms with van der Waals surface area (Å²) in [7, 11) is 1.12. The maximum atomic E-state index is 11.4. The molecule has 0 heterocycles. The summed E-state index contributed by atoms with van der Waals surface area (Å²) in [4.78, 5) is 36.5. The number of amides is 1. The third kappa shape index (κ3) is 7.37. The second-order valence-corrected chi connectivity index (χ2v) is 4.42. The van der Waals surface area contributed by atoms with Gasteiger partial charge in [-0.2, -0.15) is 4.99 Å². The number of methoxy groups -OCH3 is 1. The van der Waals surface area contributed by atoms with E-state index < -0.39 is 23.6 Å². The number of esters is 1. The molecule has 1 amide bonds. The van der Waals surface area contributed by atoms with Crippen LogP contribution in [-0.4, -0.2) is 41.6 Å². The summed E-state index contributed by atoms with van der Waals surface area (Å²) >= 11 is 0. The van der Waals surface area contributed by atoms with Crippen LogP contribution in [0, 0.1) is 0 Å². The summed E-state index contributed by atoms with van der Waals surface area (Å²) in [6.45, 7) is 4.94. The van der Waals surface area contributed by atoms with Gasteiger partial charge in [-0.25, -0.2) is 9.59 Å². The zero-order valence-corrected chi connectivity index (χ0v) is 10.8. The molecule has 102 valence electrons. The molecule has 0 aromatic heterocycles. The van der Waals surface area contributed by atoms with Crippen molar-refractivity contribution in [2.75, 3.05) is 7.11 Å². The van der Waals surface area contributed by atoms with Gasteiger partial charge in [-0.15, -0.1) is 0 Å². The van der Waals surface area contributed by atoms with Gasteiger partial charge in [0.1, 0.15) is 11.3 Å². The molecule has 0 fully saturated rings. The lowest BCUT2D eigenvalue weighted by molar-refractivity contribution is -0.136. The Morgan fingerprint density at radius 2 is 1.72 bits per heavy atom. The smallest absolute Gasteiger partial charge is 0.434 e. The molecule has 0 aliphatic heterocycles. The van der Waals surface area contributed by atoms with Crippen LogP contribution in [-0.2, 0) is 19.1 Å². The van der Waals surface area contributed by atoms with Crippen molar-refractivity contribution < 1.29 is 29.0 Å². The zero-order valence-electron chi connectivity index (χ0n) is 10.8. The maximum Gasteiger partial charge on any atom is 0.434 e. The molecular formula is C11H17NO6. The number of rotatable bonds is 4. The van der Waals surface area contributed by atoms with Crippen LogP contribution in [0.25, 0.3) is 0 Å². The van der Waals surface area contributed by atoms with Gasteiger partial charge in [0.25, 0.3) is 0 Å². The standard InChI is InChI=1S/C11H17NO6/c1-11(2,3)18-10(16)12-7(9(15)17-4)5-6-8(13)14/h5-6H2,1-4H3,(H,13,14). The average Bonchev–Trinajstić information content (AvgIpc) is 2.20. The summed E-state index contributed by atoms with van der Waals surface area (Å²) in [6, 6.07) is 0. The average molecular weight is 259 g/mol. The number of carbonyl (C=O) groups excluding carboxylic acids is 2. The highest BCUT2D eigenvalue weighted by molar-refractivity contribution is 6.38. The SMILES string of the molecule is COC(=O)C(CCC(=O)O)=NC(=O)OC(C)(C)C. The van der Waals surface area contributed by atoms with Crippen LogP contribution in [0.5, 0.6) is 0 Å². The molecule has 0 rings (SSSR count). The van der Waals surface area contributed by atoms with Gasteiger partial charge in [0, 0.05) is 6.42 Å². The number of nitrogens with zero attached hydrogens (tertiary/aromatic N) is 1. The first kappa shape index (κ1) is 16.1. The summed E-state index contributed by atoms with van der Waals surface area (Å²) in [6.07, 6.45) is -1.47. The number of hydrogen-bond donors (Lipinski definition) is 1. The topological polar surface area (TPSA) is 102 Å². The van der Waals surface area contributed by atoms with Crippen molar-refractivity contribution in [2.45, 2.75) is 39.2 Å². The minimum Gasteiger partial charge on any atom is -0.481 e. The lowest BCUT2D eigenvalue weighted by Crippen LogP contribution is -2.25. The van der Waals surface area contributed by atoms with E-state index in [2.05, 4.69) is 9.73 Å². The molecule has 0 aromatic rings. The highest BCUT2D eigenvalue weighted by Gasteiger charge is 2.20. The molecule has 0 saturated carbocycles. The summed E-state index contributed by atoms with van der Waals surface area (Å²) in [5.74, 6) is -1.95. The van der Waals surface area contributed by atoms with Crippen LogP contribution in [0.4, 0.5) is 4.79 Å². The van der Waals surface area contributed by atoms with Gasteiger partial charge in [0.15, 0.2) is 0 Å². The largest absolute Gasteiger partial charge is 0.481 e. The number of aliphatic imine (C=N–C) groups is 1. The Labute approximate surface area is 105 Å². The van der Waals surface area contributed by atoms with Gasteiger partial charge in [0.05, 0.1) is 13.5 Å². The van der Waals surface area contributed by atoms with Crippen molar-refractivity contribution in [1.82, 2.24) is 0 Å². The second-order valence-electron chi connectivity index (χ2n) is 4.42. The van der Waals surface area contributed by atoms with Gasteiger partial charge in [-0.05, 0) is 20.8 Å². The number of aliphatic carboxylic acids is 1. The van der Waals surface area contributed by atoms with E-state index in [0.717, 1.165) is 7.11 Å². The Kier molecular flexibility index (Phi) is 6.01. The van der Waals surface area contributed by atoms with E-state index in [1.807, 2.05) is 0 Å². The maximum absolute atomic E-state index is 11.4. The molecule has 7 nitrogen and oxygen atoms in total. The molecule has 1 N–H and O–H groups in total. The fourth-order valence-corrected chi connectivity index (χ4v) is 0.942. The molecular weight excluding hydrogens is 242 g/mol. The fourth-order valence-electron chi connectivity index (χ4n) is 0.942. The molecule has 7 heteroatoms. The number of carboxylic acids is 1. The van der Waals surface area contributed by atoms with E-state index in [0.29, 0.717) is 0 Å². The Morgan fingerprint density at radius 1 is 1.17 bits per heavy atom. The molecule has 0 radical (unpaired) electrons. The first-order chi connectivity index (χ1) is 8.15. The molecule has 0 unspecified atom stereocenters. The highest BCUT2D eigenvalue weighted by atomic mass is 16.6. The molecule has 0 bridgehead atoms. The van der Waals surface area contributed by atoms with Crippen molar-refractivity contribution in [2.24, 2.45) is 4.99 Å². The Balaban J connectivity index is 4.79. The summed E-state index contributed by atoms with van der Waals surface area (Å²) in [5, 5.41) is 8.51. The van der Waals surface area contributed by atoms with Gasteiger partial charge < -0.3 is 14.6 Å². The molecule has 0 aliphatic rings. The minimum atomic E-state index is -1.10. The third-order valence-corrected chi connectivity index (χ3v) is 1.62. The van der Waals surface area contributed by atoms with Gasteiger partial charge in [-0.3, -0.25) is 4.79 Å². The first-order valence-corrected chi connectivity index (χ1v) is 5.26.